The lowest BCUT2D eigenvalue weighted by Crippen LogP contribution is -2.10. The van der Waals surface area contributed by atoms with Gasteiger partial charge in [-0.05, 0) is 12.1 Å². The number of fused-ring (bicyclic) bond motifs is 1. The van der Waals surface area contributed by atoms with E-state index in [1.165, 1.54) is 6.33 Å². The molecule has 3 rings (SSSR count). The first-order chi connectivity index (χ1) is 10.7. The summed E-state index contributed by atoms with van der Waals surface area (Å²) in [5, 5.41) is 0. The van der Waals surface area contributed by atoms with E-state index in [-0.39, 0.29) is 6.61 Å². The number of hydrogen-bond acceptors (Lipinski definition) is 5. The maximum Gasteiger partial charge on any atom is 0.161 e. The third kappa shape index (κ3) is 2.56. The molecular weight excluding hydrogens is 278 g/mol. The zero-order chi connectivity index (χ0) is 15.5. The first kappa shape index (κ1) is 13.9. The summed E-state index contributed by atoms with van der Waals surface area (Å²) in [4.78, 5) is 17.9. The molecule has 0 bridgehead atoms. The number of aromatic amines is 1. The summed E-state index contributed by atoms with van der Waals surface area (Å²) in [7, 11) is 3.93. The number of nitrogens with one attached hydrogen (secondary N) is 1. The highest BCUT2D eigenvalue weighted by molar-refractivity contribution is 5.81. The van der Waals surface area contributed by atoms with Crippen LogP contribution in [0.15, 0.2) is 30.7 Å². The van der Waals surface area contributed by atoms with Crippen molar-refractivity contribution < 1.29 is 4.74 Å². The molecule has 0 atom stereocenters. The van der Waals surface area contributed by atoms with Gasteiger partial charge in [-0.1, -0.05) is 5.92 Å². The van der Waals surface area contributed by atoms with E-state index >= 15 is 0 Å². The van der Waals surface area contributed by atoms with Crippen molar-refractivity contribution in [2.75, 3.05) is 25.6 Å². The number of imidazole rings is 1. The van der Waals surface area contributed by atoms with Crippen LogP contribution in [0.4, 0.5) is 5.69 Å². The van der Waals surface area contributed by atoms with Crippen LogP contribution in [0.3, 0.4) is 0 Å². The van der Waals surface area contributed by atoms with Crippen LogP contribution in [0, 0.1) is 12.3 Å². The van der Waals surface area contributed by atoms with E-state index in [1.807, 2.05) is 37.2 Å². The van der Waals surface area contributed by atoms with Crippen LogP contribution in [0.5, 0.6) is 5.75 Å². The molecule has 0 amide bonds. The molecule has 1 N–H and O–H groups in total. The molecule has 6 heteroatoms. The lowest BCUT2D eigenvalue weighted by Gasteiger charge is -2.17. The Balaban J connectivity index is 2.07. The summed E-state index contributed by atoms with van der Waals surface area (Å²) in [6.45, 7) is 0.243. The Bertz CT molecular complexity index is 814. The van der Waals surface area contributed by atoms with E-state index in [9.17, 15) is 0 Å². The van der Waals surface area contributed by atoms with Gasteiger partial charge in [0.1, 0.15) is 30.0 Å². The maximum atomic E-state index is 5.48. The van der Waals surface area contributed by atoms with Crippen LogP contribution in [-0.4, -0.2) is 40.6 Å². The van der Waals surface area contributed by atoms with Gasteiger partial charge in [-0.15, -0.1) is 6.42 Å². The first-order valence-electron chi connectivity index (χ1n) is 6.73. The van der Waals surface area contributed by atoms with Gasteiger partial charge in [0.05, 0.1) is 11.9 Å². The minimum Gasteiger partial charge on any atom is -0.481 e. The second-order valence-corrected chi connectivity index (χ2v) is 4.91. The molecular formula is C16H15N5O. The predicted molar refractivity (Wildman–Crippen MR) is 85.8 cm³/mol. The fourth-order valence-electron chi connectivity index (χ4n) is 2.19. The summed E-state index contributed by atoms with van der Waals surface area (Å²) >= 11 is 0. The largest absolute Gasteiger partial charge is 0.481 e. The Morgan fingerprint density at radius 2 is 2.23 bits per heavy atom. The molecule has 6 nitrogen and oxygen atoms in total. The molecule has 3 aromatic rings. The van der Waals surface area contributed by atoms with Gasteiger partial charge in [0, 0.05) is 25.7 Å². The van der Waals surface area contributed by atoms with E-state index in [1.54, 1.807) is 6.20 Å². The molecule has 0 fully saturated rings. The molecule has 0 aliphatic rings. The molecule has 2 aromatic heterocycles. The monoisotopic (exact) mass is 293 g/mol. The Morgan fingerprint density at radius 1 is 1.36 bits per heavy atom. The van der Waals surface area contributed by atoms with Crippen molar-refractivity contribution in [2.45, 2.75) is 0 Å². The molecule has 0 saturated carbocycles. The Morgan fingerprint density at radius 3 is 2.95 bits per heavy atom. The van der Waals surface area contributed by atoms with E-state index in [0.29, 0.717) is 5.65 Å². The Labute approximate surface area is 128 Å². The first-order valence-corrected chi connectivity index (χ1v) is 6.73. The van der Waals surface area contributed by atoms with Crippen molar-refractivity contribution in [1.29, 1.82) is 0 Å². The van der Waals surface area contributed by atoms with Crippen molar-refractivity contribution in [1.82, 2.24) is 19.9 Å². The zero-order valence-corrected chi connectivity index (χ0v) is 12.4. The molecule has 0 aliphatic carbocycles. The highest BCUT2D eigenvalue weighted by Crippen LogP contribution is 2.32. The van der Waals surface area contributed by atoms with Crippen LogP contribution >= 0.6 is 0 Å². The second-order valence-electron chi connectivity index (χ2n) is 4.91. The third-order valence-electron chi connectivity index (χ3n) is 3.19. The van der Waals surface area contributed by atoms with Gasteiger partial charge < -0.3 is 14.6 Å². The van der Waals surface area contributed by atoms with Crippen molar-refractivity contribution in [3.05, 3.63) is 30.7 Å². The van der Waals surface area contributed by atoms with Crippen molar-refractivity contribution >= 4 is 16.9 Å². The molecule has 0 saturated heterocycles. The zero-order valence-electron chi connectivity index (χ0n) is 12.4. The summed E-state index contributed by atoms with van der Waals surface area (Å²) in [5.74, 6) is 3.92. The summed E-state index contributed by atoms with van der Waals surface area (Å²) < 4.78 is 5.48. The molecule has 0 radical (unpaired) electrons. The van der Waals surface area contributed by atoms with Gasteiger partial charge in [-0.25, -0.2) is 15.0 Å². The summed E-state index contributed by atoms with van der Waals surface area (Å²) in [6.07, 6.45) is 8.40. The van der Waals surface area contributed by atoms with E-state index in [2.05, 4.69) is 25.9 Å². The number of H-pyrrole nitrogens is 1. The van der Waals surface area contributed by atoms with E-state index in [4.69, 9.17) is 11.2 Å². The third-order valence-corrected chi connectivity index (χ3v) is 3.19. The van der Waals surface area contributed by atoms with Gasteiger partial charge >= 0.3 is 0 Å². The lowest BCUT2D eigenvalue weighted by molar-refractivity contribution is 0.370. The SMILES string of the molecule is C#CCOc1ccc(-c2nc3cncnc3[nH]2)c(N(C)C)c1. The number of nitrogens with zero attached hydrogens (tertiary/aromatic N) is 4. The average molecular weight is 293 g/mol. The second kappa shape index (κ2) is 5.74. The number of terminal acetylenes is 1. The summed E-state index contributed by atoms with van der Waals surface area (Å²) in [6, 6.07) is 5.76. The normalized spacial score (nSPS) is 10.4. The van der Waals surface area contributed by atoms with Crippen LogP contribution in [0.1, 0.15) is 0 Å². The highest BCUT2D eigenvalue weighted by Gasteiger charge is 2.13. The van der Waals surface area contributed by atoms with Gasteiger partial charge in [-0.3, -0.25) is 0 Å². The van der Waals surface area contributed by atoms with Crippen molar-refractivity contribution in [3.63, 3.8) is 0 Å². The van der Waals surface area contributed by atoms with Crippen LogP contribution < -0.4 is 9.64 Å². The molecule has 2 heterocycles. The van der Waals surface area contributed by atoms with Gasteiger partial charge in [0.15, 0.2) is 5.65 Å². The van der Waals surface area contributed by atoms with Gasteiger partial charge in [0.25, 0.3) is 0 Å². The molecule has 1 aromatic carbocycles. The minimum absolute atomic E-state index is 0.243. The number of ether oxygens (including phenoxy) is 1. The minimum atomic E-state index is 0.243. The topological polar surface area (TPSA) is 66.9 Å². The van der Waals surface area contributed by atoms with Gasteiger partial charge in [-0.2, -0.15) is 0 Å². The fourth-order valence-corrected chi connectivity index (χ4v) is 2.19. The van der Waals surface area contributed by atoms with Crippen LogP contribution in [0.25, 0.3) is 22.6 Å². The molecule has 22 heavy (non-hydrogen) atoms. The van der Waals surface area contributed by atoms with Crippen LogP contribution in [-0.2, 0) is 0 Å². The van der Waals surface area contributed by atoms with Gasteiger partial charge in [0.2, 0.25) is 0 Å². The standard InChI is InChI=1S/C16H15N5O/c1-4-7-22-11-5-6-12(14(8-11)21(2)3)15-19-13-9-17-10-18-16(13)20-15/h1,5-6,8-10H,7H2,2-3H3,(H,17,18,19,20). The Hall–Kier alpha value is -3.07. The predicted octanol–water partition coefficient (Wildman–Crippen LogP) is 2.10. The summed E-state index contributed by atoms with van der Waals surface area (Å²) in [5.41, 5.74) is 3.37. The smallest absolute Gasteiger partial charge is 0.161 e. The number of aromatic nitrogens is 4. The van der Waals surface area contributed by atoms with Crippen molar-refractivity contribution in [2.24, 2.45) is 0 Å². The molecule has 0 aliphatic heterocycles. The quantitative estimate of drug-likeness (QED) is 0.746. The molecule has 110 valence electrons. The average Bonchev–Trinajstić information content (AvgIpc) is 2.96. The number of hydrogen-bond donors (Lipinski definition) is 1. The molecule has 0 unspecified atom stereocenters. The highest BCUT2D eigenvalue weighted by atomic mass is 16.5. The number of benzene rings is 1. The van der Waals surface area contributed by atoms with Crippen LogP contribution in [0.2, 0.25) is 0 Å². The van der Waals surface area contributed by atoms with E-state index < -0.39 is 0 Å². The van der Waals surface area contributed by atoms with Crippen molar-refractivity contribution in [3.8, 4) is 29.5 Å². The van der Waals surface area contributed by atoms with E-state index in [0.717, 1.165) is 28.3 Å². The molecule has 0 spiro atoms. The maximum absolute atomic E-state index is 5.48. The number of anilines is 1. The lowest BCUT2D eigenvalue weighted by atomic mass is 10.1. The number of rotatable bonds is 4. The Kier molecular flexibility index (Phi) is 3.62. The fraction of sp³-hybridized carbons (Fsp3) is 0.188.